The predicted molar refractivity (Wildman–Crippen MR) is 149 cm³/mol. The van der Waals surface area contributed by atoms with E-state index in [1.807, 2.05) is 30.9 Å². The Labute approximate surface area is 241 Å². The third-order valence-electron chi connectivity index (χ3n) is 5.69. The highest BCUT2D eigenvalue weighted by Gasteiger charge is 2.22. The van der Waals surface area contributed by atoms with Gasteiger partial charge in [-0.05, 0) is 13.8 Å². The van der Waals surface area contributed by atoms with Crippen molar-refractivity contribution in [3.8, 4) is 11.8 Å². The molecule has 14 nitrogen and oxygen atoms in total. The minimum atomic E-state index is 0.310. The Morgan fingerprint density at radius 2 is 1.43 bits per heavy atom. The van der Waals surface area contributed by atoms with Crippen LogP contribution < -0.4 is 20.1 Å². The molecule has 0 saturated carbocycles. The Hall–Kier alpha value is -3.72. The molecular weight excluding hydrogens is 563 g/mol. The van der Waals surface area contributed by atoms with E-state index in [-0.39, 0.29) is 0 Å². The van der Waals surface area contributed by atoms with Crippen LogP contribution in [0.5, 0.6) is 11.8 Å². The van der Waals surface area contributed by atoms with Gasteiger partial charge in [0.1, 0.15) is 10.0 Å². The average molecular weight is 593 g/mol. The summed E-state index contributed by atoms with van der Waals surface area (Å²) < 4.78 is 24.0. The molecule has 0 aliphatic carbocycles. The highest BCUT2D eigenvalue weighted by molar-refractivity contribution is 6.32. The summed E-state index contributed by atoms with van der Waals surface area (Å²) in [4.78, 5) is 16.6. The predicted octanol–water partition coefficient (Wildman–Crippen LogP) is 3.99. The van der Waals surface area contributed by atoms with Crippen molar-refractivity contribution in [2.75, 3.05) is 51.8 Å². The summed E-state index contributed by atoms with van der Waals surface area (Å²) in [5.74, 6) is 1.48. The van der Waals surface area contributed by atoms with E-state index in [2.05, 4.69) is 40.8 Å². The van der Waals surface area contributed by atoms with E-state index in [1.54, 1.807) is 11.8 Å². The van der Waals surface area contributed by atoms with Crippen LogP contribution in [0.15, 0.2) is 24.8 Å². The Morgan fingerprint density at radius 3 is 1.93 bits per heavy atom. The number of hydrogen-bond donors (Lipinski definition) is 2. The van der Waals surface area contributed by atoms with Crippen LogP contribution >= 0.6 is 23.2 Å². The third kappa shape index (κ3) is 7.27. The minimum absolute atomic E-state index is 0.310. The average Bonchev–Trinajstić information content (AvgIpc) is 3.44. The zero-order valence-corrected chi connectivity index (χ0v) is 24.2. The van der Waals surface area contributed by atoms with Gasteiger partial charge >= 0.3 is 0 Å². The Kier molecular flexibility index (Phi) is 9.93. The molecule has 5 rings (SSSR count). The van der Waals surface area contributed by atoms with Crippen molar-refractivity contribution < 1.29 is 18.9 Å². The normalized spacial score (nSPS) is 12.8. The van der Waals surface area contributed by atoms with Crippen molar-refractivity contribution in [2.45, 2.75) is 26.4 Å². The van der Waals surface area contributed by atoms with E-state index in [9.17, 15) is 0 Å². The Bertz CT molecular complexity index is 1430. The molecule has 2 N–H and O–H groups in total. The first-order valence-corrected chi connectivity index (χ1v) is 12.9. The van der Waals surface area contributed by atoms with Gasteiger partial charge in [-0.2, -0.15) is 20.2 Å². The maximum Gasteiger partial charge on any atom is 0.237 e. The van der Waals surface area contributed by atoms with Crippen LogP contribution in [0.2, 0.25) is 10.0 Å². The number of hydrogen-bond acceptors (Lipinski definition) is 12. The first-order valence-electron chi connectivity index (χ1n) is 12.1. The fourth-order valence-electron chi connectivity index (χ4n) is 3.46. The zero-order valence-electron chi connectivity index (χ0n) is 22.7. The van der Waals surface area contributed by atoms with Gasteiger partial charge in [0.05, 0.1) is 81.8 Å². The maximum atomic E-state index is 5.89. The largest absolute Gasteiger partial charge is 0.480 e. The highest BCUT2D eigenvalue weighted by atomic mass is 35.5. The van der Waals surface area contributed by atoms with Gasteiger partial charge in [0.2, 0.25) is 23.7 Å². The number of anilines is 4. The van der Waals surface area contributed by atoms with Crippen molar-refractivity contribution in [1.29, 1.82) is 0 Å². The first kappa shape index (κ1) is 29.3. The highest BCUT2D eigenvalue weighted by Crippen LogP contribution is 2.26. The van der Waals surface area contributed by atoms with Crippen LogP contribution in [0.1, 0.15) is 17.4 Å². The molecule has 1 aliphatic rings. The SMILES string of the molecule is COCCn1cc(Nc2ncc(Cl)c(OC)n2)c(C)n1.COc1nc(Nc2cn(C3COC3)nc2C)ncc1Cl. The molecule has 0 spiro atoms. The number of ether oxygens (including phenoxy) is 4. The van der Waals surface area contributed by atoms with Gasteiger partial charge in [-0.15, -0.1) is 0 Å². The van der Waals surface area contributed by atoms with Crippen molar-refractivity contribution in [3.63, 3.8) is 0 Å². The Balaban J connectivity index is 0.000000185. The molecule has 0 amide bonds. The van der Waals surface area contributed by atoms with Crippen LogP contribution in [0.4, 0.5) is 23.3 Å². The summed E-state index contributed by atoms with van der Waals surface area (Å²) in [5.41, 5.74) is 3.39. The molecule has 1 fully saturated rings. The maximum absolute atomic E-state index is 5.89. The van der Waals surface area contributed by atoms with Crippen LogP contribution in [-0.4, -0.2) is 80.6 Å². The van der Waals surface area contributed by atoms with Crippen molar-refractivity contribution in [2.24, 2.45) is 0 Å². The summed E-state index contributed by atoms with van der Waals surface area (Å²) in [5, 5.41) is 15.8. The number of aromatic nitrogens is 8. The molecule has 0 atom stereocenters. The third-order valence-corrected chi connectivity index (χ3v) is 6.20. The fourth-order valence-corrected chi connectivity index (χ4v) is 3.79. The molecule has 0 bridgehead atoms. The van der Waals surface area contributed by atoms with Crippen LogP contribution in [-0.2, 0) is 16.0 Å². The molecule has 4 aromatic rings. The molecule has 214 valence electrons. The van der Waals surface area contributed by atoms with Crippen molar-refractivity contribution in [1.82, 2.24) is 39.5 Å². The summed E-state index contributed by atoms with van der Waals surface area (Å²) in [6.07, 6.45) is 6.78. The van der Waals surface area contributed by atoms with Gasteiger partial charge in [-0.3, -0.25) is 9.36 Å². The van der Waals surface area contributed by atoms with E-state index in [0.29, 0.717) is 66.1 Å². The molecular formula is C24H30Cl2N10O4. The summed E-state index contributed by atoms with van der Waals surface area (Å²) in [7, 11) is 4.67. The number of halogens is 2. The first-order chi connectivity index (χ1) is 19.3. The second kappa shape index (κ2) is 13.6. The number of rotatable bonds is 10. The quantitative estimate of drug-likeness (QED) is 0.274. The molecule has 1 aliphatic heterocycles. The number of nitrogens with one attached hydrogen (secondary N) is 2. The van der Waals surface area contributed by atoms with Crippen LogP contribution in [0, 0.1) is 13.8 Å². The molecule has 0 radical (unpaired) electrons. The van der Waals surface area contributed by atoms with E-state index in [1.165, 1.54) is 26.6 Å². The monoisotopic (exact) mass is 592 g/mol. The lowest BCUT2D eigenvalue weighted by atomic mass is 10.3. The van der Waals surface area contributed by atoms with E-state index in [0.717, 1.165) is 22.8 Å². The minimum Gasteiger partial charge on any atom is -0.480 e. The number of methoxy groups -OCH3 is 3. The molecule has 4 aromatic heterocycles. The van der Waals surface area contributed by atoms with Gasteiger partial charge < -0.3 is 29.6 Å². The molecule has 40 heavy (non-hydrogen) atoms. The topological polar surface area (TPSA) is 148 Å². The number of aryl methyl sites for hydroxylation is 2. The van der Waals surface area contributed by atoms with Gasteiger partial charge in [0.15, 0.2) is 0 Å². The molecule has 5 heterocycles. The molecule has 0 aromatic carbocycles. The van der Waals surface area contributed by atoms with Crippen LogP contribution in [0.25, 0.3) is 0 Å². The second-order valence-corrected chi connectivity index (χ2v) is 9.35. The summed E-state index contributed by atoms with van der Waals surface area (Å²) in [6, 6.07) is 0.310. The van der Waals surface area contributed by atoms with Gasteiger partial charge in [0.25, 0.3) is 0 Å². The van der Waals surface area contributed by atoms with Gasteiger partial charge in [-0.1, -0.05) is 23.2 Å². The molecule has 0 unspecified atom stereocenters. The fraction of sp³-hybridized carbons (Fsp3) is 0.417. The molecule has 16 heteroatoms. The smallest absolute Gasteiger partial charge is 0.237 e. The summed E-state index contributed by atoms with van der Waals surface area (Å²) in [6.45, 7) is 6.51. The number of nitrogens with zero attached hydrogens (tertiary/aromatic N) is 8. The van der Waals surface area contributed by atoms with E-state index in [4.69, 9.17) is 42.1 Å². The van der Waals surface area contributed by atoms with E-state index < -0.39 is 0 Å². The zero-order chi connectivity index (χ0) is 28.6. The lowest BCUT2D eigenvalue weighted by Gasteiger charge is -2.25. The van der Waals surface area contributed by atoms with E-state index >= 15 is 0 Å². The van der Waals surface area contributed by atoms with Crippen LogP contribution in [0.3, 0.4) is 0 Å². The van der Waals surface area contributed by atoms with Crippen molar-refractivity contribution >= 4 is 46.5 Å². The summed E-state index contributed by atoms with van der Waals surface area (Å²) >= 11 is 11.8. The standard InChI is InChI=1S/C12H14ClN5O2.C12H16ClN5O2/c1-7-10(4-18(17-7)8-5-20-6-8)15-12-14-3-9(13)11(16-12)19-2;1-8-10(7-18(17-8)4-5-19-2)15-12-14-6-9(13)11(16-12)20-3/h3-4,8H,5-6H2,1-2H3,(H,14,15,16);6-7H,4-5H2,1-3H3,(H,14,15,16). The Morgan fingerprint density at radius 1 is 0.875 bits per heavy atom. The van der Waals surface area contributed by atoms with Gasteiger partial charge in [0, 0.05) is 19.5 Å². The molecule has 1 saturated heterocycles. The lowest BCUT2D eigenvalue weighted by Crippen LogP contribution is -2.30. The van der Waals surface area contributed by atoms with Gasteiger partial charge in [-0.25, -0.2) is 9.97 Å². The lowest BCUT2D eigenvalue weighted by molar-refractivity contribution is -0.0287. The second-order valence-electron chi connectivity index (χ2n) is 8.54. The van der Waals surface area contributed by atoms with Crippen molar-refractivity contribution in [3.05, 3.63) is 46.2 Å².